The van der Waals surface area contributed by atoms with Crippen LogP contribution < -0.4 is 19.1 Å². The molecule has 0 spiro atoms. The summed E-state index contributed by atoms with van der Waals surface area (Å²) in [5.74, 6) is -0.340. The van der Waals surface area contributed by atoms with Gasteiger partial charge in [0.1, 0.15) is 31.3 Å². The summed E-state index contributed by atoms with van der Waals surface area (Å²) < 4.78 is 17.9. The predicted octanol–water partition coefficient (Wildman–Crippen LogP) is 5.88. The van der Waals surface area contributed by atoms with Gasteiger partial charge in [-0.25, -0.2) is 4.98 Å². The van der Waals surface area contributed by atoms with Crippen LogP contribution >= 0.6 is 11.3 Å². The van der Waals surface area contributed by atoms with E-state index in [-0.39, 0.29) is 17.9 Å². The first-order valence-corrected chi connectivity index (χ1v) is 13.6. The fourth-order valence-electron chi connectivity index (χ4n) is 5.08. The summed E-state index contributed by atoms with van der Waals surface area (Å²) in [6.45, 7) is 8.74. The highest BCUT2D eigenvalue weighted by molar-refractivity contribution is 7.22. The van der Waals surface area contributed by atoms with Gasteiger partial charge in [-0.2, -0.15) is 0 Å². The molecule has 1 saturated heterocycles. The highest BCUT2D eigenvalue weighted by atomic mass is 32.1. The number of carbonyl (C=O) groups excluding carboxylic acids is 2. The molecule has 3 aromatic carbocycles. The van der Waals surface area contributed by atoms with Gasteiger partial charge in [0.15, 0.2) is 16.6 Å². The lowest BCUT2D eigenvalue weighted by atomic mass is 9.95. The van der Waals surface area contributed by atoms with Crippen molar-refractivity contribution in [1.82, 2.24) is 4.98 Å². The standard InChI is InChI=1S/C31H26N2O6S/c1-4-10-37-21-7-5-6-19(15-21)27-25(28(34)20-8-9-22-23(16-20)39-12-11-38-22)29(35)30(36)33(27)31-32-26-18(3)13-17(2)14-24(26)40-31/h4-9,13-16,27,34H,1,10-12H2,2-3H3/b28-25+/t27-/m0/s1. The summed E-state index contributed by atoms with van der Waals surface area (Å²) in [5, 5.41) is 11.9. The smallest absolute Gasteiger partial charge is 0.301 e. The van der Waals surface area contributed by atoms with Gasteiger partial charge in [-0.3, -0.25) is 14.5 Å². The van der Waals surface area contributed by atoms with E-state index < -0.39 is 17.7 Å². The van der Waals surface area contributed by atoms with Gasteiger partial charge < -0.3 is 19.3 Å². The minimum absolute atomic E-state index is 0.0466. The maximum atomic E-state index is 13.7. The molecule has 9 heteroatoms. The van der Waals surface area contributed by atoms with E-state index in [0.717, 1.165) is 21.3 Å². The van der Waals surface area contributed by atoms with Crippen molar-refractivity contribution in [3.8, 4) is 17.2 Å². The zero-order valence-electron chi connectivity index (χ0n) is 22.0. The van der Waals surface area contributed by atoms with E-state index in [1.54, 1.807) is 48.5 Å². The van der Waals surface area contributed by atoms with E-state index in [9.17, 15) is 14.7 Å². The first kappa shape index (κ1) is 25.6. The summed E-state index contributed by atoms with van der Waals surface area (Å²) in [4.78, 5) is 33.5. The van der Waals surface area contributed by atoms with Crippen LogP contribution in [0.2, 0.25) is 0 Å². The van der Waals surface area contributed by atoms with Gasteiger partial charge in [0.25, 0.3) is 5.78 Å². The monoisotopic (exact) mass is 554 g/mol. The van der Waals surface area contributed by atoms with Gasteiger partial charge in [0, 0.05) is 5.56 Å². The van der Waals surface area contributed by atoms with Crippen LogP contribution in [0.1, 0.15) is 28.3 Å². The van der Waals surface area contributed by atoms with Crippen LogP contribution in [0.25, 0.3) is 16.0 Å². The quantitative estimate of drug-likeness (QED) is 0.138. The second-order valence-electron chi connectivity index (χ2n) is 9.62. The molecule has 202 valence electrons. The molecule has 3 heterocycles. The molecule has 0 radical (unpaired) electrons. The molecule has 0 unspecified atom stereocenters. The number of aliphatic hydroxyl groups is 1. The minimum Gasteiger partial charge on any atom is -0.507 e. The van der Waals surface area contributed by atoms with E-state index in [2.05, 4.69) is 6.58 Å². The van der Waals surface area contributed by atoms with E-state index in [4.69, 9.17) is 19.2 Å². The molecule has 1 amide bonds. The third-order valence-corrected chi connectivity index (χ3v) is 7.83. The molecule has 1 N–H and O–H groups in total. The van der Waals surface area contributed by atoms with E-state index in [1.807, 2.05) is 26.0 Å². The molecule has 4 aromatic rings. The number of rotatable bonds is 6. The van der Waals surface area contributed by atoms with Crippen LogP contribution in [0.4, 0.5) is 5.13 Å². The Bertz CT molecular complexity index is 1720. The Morgan fingerprint density at radius 1 is 1.12 bits per heavy atom. The van der Waals surface area contributed by atoms with Crippen LogP contribution in [0.5, 0.6) is 17.2 Å². The number of ketones is 1. The normalized spacial score (nSPS) is 17.9. The second kappa shape index (κ2) is 10.2. The highest BCUT2D eigenvalue weighted by Gasteiger charge is 2.48. The molecule has 6 rings (SSSR count). The predicted molar refractivity (Wildman–Crippen MR) is 153 cm³/mol. The molecule has 0 bridgehead atoms. The molecule has 40 heavy (non-hydrogen) atoms. The molecule has 2 aliphatic rings. The van der Waals surface area contributed by atoms with E-state index in [1.165, 1.54) is 16.2 Å². The molecule has 1 atom stereocenters. The number of aliphatic hydroxyl groups excluding tert-OH is 1. The molecular weight excluding hydrogens is 528 g/mol. The summed E-state index contributed by atoms with van der Waals surface area (Å²) in [5.41, 5.74) is 3.69. The lowest BCUT2D eigenvalue weighted by molar-refractivity contribution is -0.132. The molecule has 0 saturated carbocycles. The second-order valence-corrected chi connectivity index (χ2v) is 10.6. The molecule has 1 aromatic heterocycles. The molecule has 1 fully saturated rings. The van der Waals surface area contributed by atoms with Gasteiger partial charge in [-0.05, 0) is 66.9 Å². The summed E-state index contributed by atoms with van der Waals surface area (Å²) in [7, 11) is 0. The van der Waals surface area contributed by atoms with Crippen molar-refractivity contribution in [3.05, 3.63) is 95.1 Å². The van der Waals surface area contributed by atoms with Crippen molar-refractivity contribution in [2.24, 2.45) is 0 Å². The summed E-state index contributed by atoms with van der Waals surface area (Å²) in [6.07, 6.45) is 1.63. The van der Waals surface area contributed by atoms with E-state index in [0.29, 0.717) is 46.7 Å². The van der Waals surface area contributed by atoms with Gasteiger partial charge in [0.2, 0.25) is 0 Å². The first-order chi connectivity index (χ1) is 19.4. The van der Waals surface area contributed by atoms with Gasteiger partial charge in [-0.15, -0.1) is 0 Å². The van der Waals surface area contributed by atoms with Gasteiger partial charge in [-0.1, -0.05) is 42.2 Å². The summed E-state index contributed by atoms with van der Waals surface area (Å²) >= 11 is 1.33. The number of anilines is 1. The van der Waals surface area contributed by atoms with Gasteiger partial charge >= 0.3 is 5.91 Å². The largest absolute Gasteiger partial charge is 0.507 e. The average molecular weight is 555 g/mol. The number of ether oxygens (including phenoxy) is 3. The zero-order valence-corrected chi connectivity index (χ0v) is 22.8. The van der Waals surface area contributed by atoms with Crippen molar-refractivity contribution >= 4 is 44.1 Å². The topological polar surface area (TPSA) is 98.2 Å². The average Bonchev–Trinajstić information content (AvgIpc) is 3.49. The number of benzene rings is 3. The maximum Gasteiger partial charge on any atom is 0.301 e. The van der Waals surface area contributed by atoms with Crippen molar-refractivity contribution in [2.45, 2.75) is 19.9 Å². The number of Topliss-reactive ketones (excluding diaryl/α,β-unsaturated/α-hetero) is 1. The van der Waals surface area contributed by atoms with Crippen LogP contribution in [0.3, 0.4) is 0 Å². The van der Waals surface area contributed by atoms with Gasteiger partial charge in [0.05, 0.1) is 21.8 Å². The van der Waals surface area contributed by atoms with Crippen molar-refractivity contribution in [2.75, 3.05) is 24.7 Å². The van der Waals surface area contributed by atoms with Crippen LogP contribution in [0.15, 0.2) is 72.8 Å². The van der Waals surface area contributed by atoms with E-state index >= 15 is 0 Å². The molecule has 0 aliphatic carbocycles. The zero-order chi connectivity index (χ0) is 28.0. The Morgan fingerprint density at radius 2 is 1.93 bits per heavy atom. The number of aromatic nitrogens is 1. The number of nitrogens with zero attached hydrogens (tertiary/aromatic N) is 2. The first-order valence-electron chi connectivity index (χ1n) is 12.8. The van der Waals surface area contributed by atoms with Crippen LogP contribution in [-0.2, 0) is 9.59 Å². The Hall–Kier alpha value is -4.63. The lowest BCUT2D eigenvalue weighted by Gasteiger charge is -2.23. The number of thiazole rings is 1. The Labute approximate surface area is 234 Å². The third kappa shape index (κ3) is 4.38. The summed E-state index contributed by atoms with van der Waals surface area (Å²) in [6, 6.07) is 15.1. The SMILES string of the molecule is C=CCOc1cccc([C@H]2/C(=C(\O)c3ccc4c(c3)OCCO4)C(=O)C(=O)N2c2nc3c(C)cc(C)cc3s2)c1. The molecular formula is C31H26N2O6S. The Kier molecular flexibility index (Phi) is 6.51. The third-order valence-electron chi connectivity index (χ3n) is 6.83. The van der Waals surface area contributed by atoms with Crippen LogP contribution in [-0.4, -0.2) is 41.6 Å². The maximum absolute atomic E-state index is 13.7. The lowest BCUT2D eigenvalue weighted by Crippen LogP contribution is -2.29. The number of fused-ring (bicyclic) bond motifs is 2. The Morgan fingerprint density at radius 3 is 2.73 bits per heavy atom. The molecule has 8 nitrogen and oxygen atoms in total. The number of amides is 1. The Balaban J connectivity index is 1.54. The fraction of sp³-hybridized carbons (Fsp3) is 0.194. The number of carbonyl (C=O) groups is 2. The highest BCUT2D eigenvalue weighted by Crippen LogP contribution is 2.46. The molecule has 2 aliphatic heterocycles. The fourth-order valence-corrected chi connectivity index (χ4v) is 6.25. The van der Waals surface area contributed by atoms with Crippen molar-refractivity contribution in [3.63, 3.8) is 0 Å². The minimum atomic E-state index is -0.942. The number of hydrogen-bond acceptors (Lipinski definition) is 8. The van der Waals surface area contributed by atoms with Crippen molar-refractivity contribution in [1.29, 1.82) is 0 Å². The van der Waals surface area contributed by atoms with Crippen molar-refractivity contribution < 1.29 is 28.9 Å². The van der Waals surface area contributed by atoms with Crippen LogP contribution in [0, 0.1) is 13.8 Å². The number of hydrogen-bond donors (Lipinski definition) is 1. The number of aryl methyl sites for hydroxylation is 2.